The molecule has 2 heterocycles. The molecule has 8 heteroatoms. The summed E-state index contributed by atoms with van der Waals surface area (Å²) in [4.78, 5) is 32.2. The molecular weight excluding hydrogens is 306 g/mol. The van der Waals surface area contributed by atoms with E-state index in [1.165, 1.54) is 17.7 Å². The average Bonchev–Trinajstić information content (AvgIpc) is 2.76. The number of aromatic nitrogens is 2. The summed E-state index contributed by atoms with van der Waals surface area (Å²) in [5, 5.41) is 12.4. The Morgan fingerprint density at radius 1 is 1.41 bits per heavy atom. The van der Waals surface area contributed by atoms with Crippen molar-refractivity contribution in [1.29, 1.82) is 0 Å². The molecule has 2 rings (SSSR count). The molecule has 2 aromatic heterocycles. The Kier molecular flexibility index (Phi) is 4.92. The second-order valence-electron chi connectivity index (χ2n) is 4.98. The van der Waals surface area contributed by atoms with Crippen LogP contribution in [-0.4, -0.2) is 39.7 Å². The molecule has 0 fully saturated rings. The van der Waals surface area contributed by atoms with Gasteiger partial charge < -0.3 is 15.2 Å². The highest BCUT2D eigenvalue weighted by atomic mass is 32.1. The first kappa shape index (κ1) is 16.2. The van der Waals surface area contributed by atoms with Gasteiger partial charge >= 0.3 is 11.9 Å². The zero-order valence-corrected chi connectivity index (χ0v) is 13.4. The van der Waals surface area contributed by atoms with Gasteiger partial charge in [0.1, 0.15) is 21.9 Å². The number of aryl methyl sites for hydroxylation is 1. The van der Waals surface area contributed by atoms with Crippen LogP contribution in [0.2, 0.25) is 0 Å². The van der Waals surface area contributed by atoms with Crippen LogP contribution in [-0.2, 0) is 9.53 Å². The number of esters is 1. The molecule has 0 atom stereocenters. The Hall–Kier alpha value is -2.22. The number of nitrogens with zero attached hydrogens (tertiary/aromatic N) is 2. The van der Waals surface area contributed by atoms with Crippen molar-refractivity contribution in [3.05, 3.63) is 16.8 Å². The lowest BCUT2D eigenvalue weighted by atomic mass is 10.2. The molecule has 2 aromatic rings. The maximum absolute atomic E-state index is 12.1. The van der Waals surface area contributed by atoms with Gasteiger partial charge in [0.2, 0.25) is 0 Å². The molecule has 2 N–H and O–H groups in total. The molecule has 0 spiro atoms. The van der Waals surface area contributed by atoms with Gasteiger partial charge in [0.05, 0.1) is 17.9 Å². The number of hydrogen-bond acceptors (Lipinski definition) is 7. The van der Waals surface area contributed by atoms with Crippen LogP contribution in [0.4, 0.5) is 5.82 Å². The smallest absolute Gasteiger partial charge is 0.348 e. The number of aliphatic carboxylic acids is 1. The van der Waals surface area contributed by atoms with E-state index in [-0.39, 0.29) is 25.0 Å². The highest BCUT2D eigenvalue weighted by Crippen LogP contribution is 2.33. The topological polar surface area (TPSA) is 101 Å². The summed E-state index contributed by atoms with van der Waals surface area (Å²) in [6.45, 7) is 5.64. The first-order chi connectivity index (χ1) is 10.4. The molecule has 22 heavy (non-hydrogen) atoms. The Labute approximate surface area is 131 Å². The molecule has 0 aliphatic heterocycles. The number of anilines is 1. The molecule has 118 valence electrons. The normalized spacial score (nSPS) is 10.9. The van der Waals surface area contributed by atoms with Crippen molar-refractivity contribution in [2.45, 2.75) is 33.3 Å². The summed E-state index contributed by atoms with van der Waals surface area (Å²) in [6.07, 6.45) is 1.17. The minimum absolute atomic E-state index is 0.0169. The Bertz CT molecular complexity index is 711. The van der Waals surface area contributed by atoms with E-state index in [9.17, 15) is 9.59 Å². The van der Waals surface area contributed by atoms with Crippen LogP contribution in [0.15, 0.2) is 6.33 Å². The summed E-state index contributed by atoms with van der Waals surface area (Å²) >= 11 is 1.25. The minimum Gasteiger partial charge on any atom is -0.481 e. The third-order valence-electron chi connectivity index (χ3n) is 2.89. The summed E-state index contributed by atoms with van der Waals surface area (Å²) in [6, 6.07) is 0. The molecule has 0 saturated carbocycles. The summed E-state index contributed by atoms with van der Waals surface area (Å²) in [5.74, 6) is -0.739. The minimum atomic E-state index is -0.888. The Morgan fingerprint density at radius 2 is 2.14 bits per heavy atom. The monoisotopic (exact) mass is 323 g/mol. The standard InChI is InChI=1S/C14H17N3O4S/c1-7(2)21-14(20)11-8(3)10-12(15-5-4-9(18)19)16-6-17-13(10)22-11/h6-7H,4-5H2,1-3H3,(H,18,19)(H,15,16,17). The average molecular weight is 323 g/mol. The molecule has 0 amide bonds. The Morgan fingerprint density at radius 3 is 2.77 bits per heavy atom. The third-order valence-corrected chi connectivity index (χ3v) is 4.07. The maximum Gasteiger partial charge on any atom is 0.348 e. The number of carbonyl (C=O) groups excluding carboxylic acids is 1. The predicted molar refractivity (Wildman–Crippen MR) is 83.4 cm³/mol. The van der Waals surface area contributed by atoms with Crippen molar-refractivity contribution < 1.29 is 19.4 Å². The molecule has 0 aliphatic carbocycles. The van der Waals surface area contributed by atoms with Gasteiger partial charge in [-0.05, 0) is 26.3 Å². The molecule has 0 saturated heterocycles. The molecule has 7 nitrogen and oxygen atoms in total. The van der Waals surface area contributed by atoms with Gasteiger partial charge in [-0.25, -0.2) is 14.8 Å². The van der Waals surface area contributed by atoms with Gasteiger partial charge in [0, 0.05) is 6.54 Å². The van der Waals surface area contributed by atoms with Gasteiger partial charge in [0.25, 0.3) is 0 Å². The lowest BCUT2D eigenvalue weighted by Gasteiger charge is -2.07. The SMILES string of the molecule is Cc1c(C(=O)OC(C)C)sc2ncnc(NCCC(=O)O)c12. The van der Waals surface area contributed by atoms with Crippen LogP contribution >= 0.6 is 11.3 Å². The van der Waals surface area contributed by atoms with Crippen LogP contribution < -0.4 is 5.32 Å². The van der Waals surface area contributed by atoms with Crippen molar-refractivity contribution in [3.63, 3.8) is 0 Å². The zero-order valence-electron chi connectivity index (χ0n) is 12.5. The number of fused-ring (bicyclic) bond motifs is 1. The second kappa shape index (κ2) is 6.69. The third kappa shape index (κ3) is 3.51. The second-order valence-corrected chi connectivity index (χ2v) is 5.98. The van der Waals surface area contributed by atoms with E-state index >= 15 is 0 Å². The molecule has 0 radical (unpaired) electrons. The first-order valence-corrected chi connectivity index (χ1v) is 7.62. The van der Waals surface area contributed by atoms with Gasteiger partial charge in [0.15, 0.2) is 0 Å². The lowest BCUT2D eigenvalue weighted by Crippen LogP contribution is -2.11. The van der Waals surface area contributed by atoms with Gasteiger partial charge in [-0.15, -0.1) is 11.3 Å². The van der Waals surface area contributed by atoms with E-state index in [0.717, 1.165) is 10.9 Å². The van der Waals surface area contributed by atoms with Crippen LogP contribution in [0.3, 0.4) is 0 Å². The van der Waals surface area contributed by atoms with Crippen LogP contribution in [0.25, 0.3) is 10.2 Å². The van der Waals surface area contributed by atoms with Gasteiger partial charge in [-0.2, -0.15) is 0 Å². The number of carbonyl (C=O) groups is 2. The molecular formula is C14H17N3O4S. The van der Waals surface area contributed by atoms with E-state index in [0.29, 0.717) is 15.5 Å². The fourth-order valence-corrected chi connectivity index (χ4v) is 2.99. The number of nitrogens with one attached hydrogen (secondary N) is 1. The summed E-state index contributed by atoms with van der Waals surface area (Å²) in [5.41, 5.74) is 0.740. The van der Waals surface area contributed by atoms with E-state index in [1.807, 2.05) is 6.92 Å². The van der Waals surface area contributed by atoms with E-state index in [2.05, 4.69) is 15.3 Å². The number of carboxylic acid groups (broad SMARTS) is 1. The maximum atomic E-state index is 12.1. The van der Waals surface area contributed by atoms with Crippen LogP contribution in [0.1, 0.15) is 35.5 Å². The van der Waals surface area contributed by atoms with Crippen molar-refractivity contribution >= 4 is 39.3 Å². The summed E-state index contributed by atoms with van der Waals surface area (Å²) in [7, 11) is 0. The van der Waals surface area contributed by atoms with Crippen molar-refractivity contribution in [1.82, 2.24) is 9.97 Å². The highest BCUT2D eigenvalue weighted by Gasteiger charge is 2.21. The number of rotatable bonds is 6. The van der Waals surface area contributed by atoms with Crippen molar-refractivity contribution in [2.75, 3.05) is 11.9 Å². The number of hydrogen-bond donors (Lipinski definition) is 2. The molecule has 0 aromatic carbocycles. The molecule has 0 bridgehead atoms. The highest BCUT2D eigenvalue weighted by molar-refractivity contribution is 7.20. The molecule has 0 aliphatic rings. The number of ether oxygens (including phenoxy) is 1. The van der Waals surface area contributed by atoms with Crippen LogP contribution in [0.5, 0.6) is 0 Å². The van der Waals surface area contributed by atoms with E-state index in [1.54, 1.807) is 13.8 Å². The van der Waals surface area contributed by atoms with E-state index in [4.69, 9.17) is 9.84 Å². The van der Waals surface area contributed by atoms with Crippen molar-refractivity contribution in [2.24, 2.45) is 0 Å². The fourth-order valence-electron chi connectivity index (χ4n) is 1.96. The zero-order chi connectivity index (χ0) is 16.3. The quantitative estimate of drug-likeness (QED) is 0.787. The largest absolute Gasteiger partial charge is 0.481 e. The first-order valence-electron chi connectivity index (χ1n) is 6.81. The van der Waals surface area contributed by atoms with Crippen molar-refractivity contribution in [3.8, 4) is 0 Å². The van der Waals surface area contributed by atoms with E-state index < -0.39 is 5.97 Å². The summed E-state index contributed by atoms with van der Waals surface area (Å²) < 4.78 is 5.22. The lowest BCUT2D eigenvalue weighted by molar-refractivity contribution is -0.136. The predicted octanol–water partition coefficient (Wildman–Crippen LogP) is 2.45. The number of thiophene rings is 1. The van der Waals surface area contributed by atoms with Gasteiger partial charge in [-0.1, -0.05) is 0 Å². The number of carboxylic acids is 1. The fraction of sp³-hybridized carbons (Fsp3) is 0.429. The van der Waals surface area contributed by atoms with Crippen LogP contribution in [0, 0.1) is 6.92 Å². The molecule has 0 unspecified atom stereocenters. The Balaban J connectivity index is 2.34. The van der Waals surface area contributed by atoms with Gasteiger partial charge in [-0.3, -0.25) is 4.79 Å².